The van der Waals surface area contributed by atoms with Crippen LogP contribution in [0.3, 0.4) is 0 Å². The molecule has 2 atom stereocenters. The highest BCUT2D eigenvalue weighted by atomic mass is 32.1. The number of aryl methyl sites for hydroxylation is 1. The van der Waals surface area contributed by atoms with Crippen LogP contribution in [0.5, 0.6) is 0 Å². The molecular weight excluding hydrogens is 242 g/mol. The fraction of sp³-hybridized carbons (Fsp3) is 0.786. The van der Waals surface area contributed by atoms with Crippen LogP contribution in [-0.4, -0.2) is 24.1 Å². The largest absolute Gasteiger partial charge is 0.345 e. The zero-order chi connectivity index (χ0) is 13.0. The Balaban J connectivity index is 2.15. The van der Waals surface area contributed by atoms with Crippen LogP contribution in [-0.2, 0) is 6.42 Å². The molecule has 0 bridgehead atoms. The number of anilines is 1. The van der Waals surface area contributed by atoms with Gasteiger partial charge in [-0.15, -0.1) is 11.3 Å². The third kappa shape index (κ3) is 2.86. The Morgan fingerprint density at radius 2 is 2.17 bits per heavy atom. The maximum Gasteiger partial charge on any atom is 0.185 e. The zero-order valence-electron chi connectivity index (χ0n) is 11.6. The van der Waals surface area contributed by atoms with Crippen LogP contribution in [0.4, 0.5) is 5.13 Å². The lowest BCUT2D eigenvalue weighted by molar-refractivity contribution is 0.300. The number of hydrogen-bond acceptors (Lipinski definition) is 4. The first-order chi connectivity index (χ1) is 8.80. The second kappa shape index (κ2) is 6.53. The molecule has 0 amide bonds. The maximum absolute atomic E-state index is 5.95. The SMILES string of the molecule is CCc1csc(N(CC)C2CCCCC2CN)n1. The fourth-order valence-electron chi connectivity index (χ4n) is 2.98. The van der Waals surface area contributed by atoms with Crippen molar-refractivity contribution in [2.75, 3.05) is 18.0 Å². The van der Waals surface area contributed by atoms with Gasteiger partial charge in [0.05, 0.1) is 5.69 Å². The van der Waals surface area contributed by atoms with Crippen molar-refractivity contribution in [1.82, 2.24) is 4.98 Å². The van der Waals surface area contributed by atoms with Gasteiger partial charge in [0.1, 0.15) is 0 Å². The topological polar surface area (TPSA) is 42.1 Å². The minimum atomic E-state index is 0.601. The summed E-state index contributed by atoms with van der Waals surface area (Å²) in [5.74, 6) is 0.646. The molecule has 102 valence electrons. The number of rotatable bonds is 5. The van der Waals surface area contributed by atoms with Crippen molar-refractivity contribution < 1.29 is 0 Å². The molecule has 0 aliphatic heterocycles. The van der Waals surface area contributed by atoms with Crippen LogP contribution in [0, 0.1) is 5.92 Å². The second-order valence-corrected chi connectivity index (χ2v) is 5.95. The smallest absolute Gasteiger partial charge is 0.185 e. The molecule has 0 spiro atoms. The normalized spacial score (nSPS) is 24.2. The quantitative estimate of drug-likeness (QED) is 0.891. The standard InChI is InChI=1S/C14H25N3S/c1-3-12-10-18-14(16-12)17(4-2)13-8-6-5-7-11(13)9-15/h10-11,13H,3-9,15H2,1-2H3. The van der Waals surface area contributed by atoms with Crippen LogP contribution in [0.2, 0.25) is 0 Å². The summed E-state index contributed by atoms with van der Waals surface area (Å²) in [5.41, 5.74) is 7.17. The Morgan fingerprint density at radius 1 is 1.39 bits per heavy atom. The summed E-state index contributed by atoms with van der Waals surface area (Å²) in [6.07, 6.45) is 6.26. The van der Waals surface area contributed by atoms with Crippen molar-refractivity contribution in [3.8, 4) is 0 Å². The Bertz CT molecular complexity index is 364. The van der Waals surface area contributed by atoms with Crippen LogP contribution in [0.25, 0.3) is 0 Å². The molecule has 1 fully saturated rings. The van der Waals surface area contributed by atoms with Gasteiger partial charge in [0.2, 0.25) is 0 Å². The average molecular weight is 267 g/mol. The molecular formula is C14H25N3S. The molecule has 1 saturated carbocycles. The molecule has 0 saturated heterocycles. The van der Waals surface area contributed by atoms with E-state index in [1.165, 1.54) is 36.5 Å². The van der Waals surface area contributed by atoms with Gasteiger partial charge in [0, 0.05) is 18.0 Å². The van der Waals surface area contributed by atoms with E-state index in [-0.39, 0.29) is 0 Å². The summed E-state index contributed by atoms with van der Waals surface area (Å²) in [6.45, 7) is 6.25. The van der Waals surface area contributed by atoms with Gasteiger partial charge in [0.15, 0.2) is 5.13 Å². The lowest BCUT2D eigenvalue weighted by Gasteiger charge is -2.39. The molecule has 4 heteroatoms. The molecule has 3 nitrogen and oxygen atoms in total. The van der Waals surface area contributed by atoms with Crippen molar-refractivity contribution >= 4 is 16.5 Å². The summed E-state index contributed by atoms with van der Waals surface area (Å²) < 4.78 is 0. The summed E-state index contributed by atoms with van der Waals surface area (Å²) in [5, 5.41) is 3.39. The van der Waals surface area contributed by atoms with Crippen molar-refractivity contribution in [2.24, 2.45) is 11.7 Å². The van der Waals surface area contributed by atoms with E-state index in [1.54, 1.807) is 11.3 Å². The summed E-state index contributed by atoms with van der Waals surface area (Å²) >= 11 is 1.79. The molecule has 1 aliphatic rings. The summed E-state index contributed by atoms with van der Waals surface area (Å²) in [7, 11) is 0. The molecule has 1 aromatic rings. The molecule has 1 heterocycles. The molecule has 2 rings (SSSR count). The van der Waals surface area contributed by atoms with Gasteiger partial charge in [-0.05, 0) is 38.6 Å². The molecule has 2 unspecified atom stereocenters. The molecule has 1 aliphatic carbocycles. The van der Waals surface area contributed by atoms with Crippen molar-refractivity contribution in [1.29, 1.82) is 0 Å². The van der Waals surface area contributed by atoms with E-state index in [9.17, 15) is 0 Å². The highest BCUT2D eigenvalue weighted by molar-refractivity contribution is 7.13. The van der Waals surface area contributed by atoms with E-state index < -0.39 is 0 Å². The second-order valence-electron chi connectivity index (χ2n) is 5.11. The molecule has 1 aromatic heterocycles. The molecule has 2 N–H and O–H groups in total. The predicted octanol–water partition coefficient (Wildman–Crippen LogP) is 3.05. The lowest BCUT2D eigenvalue weighted by atomic mass is 9.83. The number of thiazole rings is 1. The maximum atomic E-state index is 5.95. The Hall–Kier alpha value is -0.610. The first-order valence-electron chi connectivity index (χ1n) is 7.21. The van der Waals surface area contributed by atoms with Gasteiger partial charge < -0.3 is 10.6 Å². The Morgan fingerprint density at radius 3 is 2.78 bits per heavy atom. The number of nitrogens with zero attached hydrogens (tertiary/aromatic N) is 2. The van der Waals surface area contributed by atoms with E-state index in [2.05, 4.69) is 24.1 Å². The third-order valence-corrected chi connectivity index (χ3v) is 4.99. The minimum absolute atomic E-state index is 0.601. The molecule has 18 heavy (non-hydrogen) atoms. The van der Waals surface area contributed by atoms with Crippen LogP contribution in [0.15, 0.2) is 5.38 Å². The van der Waals surface area contributed by atoms with Crippen molar-refractivity contribution in [3.05, 3.63) is 11.1 Å². The van der Waals surface area contributed by atoms with Gasteiger partial charge in [-0.1, -0.05) is 19.8 Å². The number of hydrogen-bond donors (Lipinski definition) is 1. The van der Waals surface area contributed by atoms with E-state index >= 15 is 0 Å². The summed E-state index contributed by atoms with van der Waals surface area (Å²) in [4.78, 5) is 7.23. The first-order valence-corrected chi connectivity index (χ1v) is 8.09. The third-order valence-electron chi connectivity index (χ3n) is 4.06. The fourth-order valence-corrected chi connectivity index (χ4v) is 4.01. The minimum Gasteiger partial charge on any atom is -0.345 e. The summed E-state index contributed by atoms with van der Waals surface area (Å²) in [6, 6.07) is 0.601. The van der Waals surface area contributed by atoms with Crippen LogP contribution < -0.4 is 10.6 Å². The van der Waals surface area contributed by atoms with Crippen LogP contribution >= 0.6 is 11.3 Å². The van der Waals surface area contributed by atoms with Gasteiger partial charge >= 0.3 is 0 Å². The van der Waals surface area contributed by atoms with Crippen molar-refractivity contribution in [3.63, 3.8) is 0 Å². The Kier molecular flexibility index (Phi) is 5.01. The highest BCUT2D eigenvalue weighted by Crippen LogP contribution is 2.32. The highest BCUT2D eigenvalue weighted by Gasteiger charge is 2.29. The predicted molar refractivity (Wildman–Crippen MR) is 79.3 cm³/mol. The zero-order valence-corrected chi connectivity index (χ0v) is 12.4. The number of nitrogens with two attached hydrogens (primary N) is 1. The van der Waals surface area contributed by atoms with Gasteiger partial charge in [-0.25, -0.2) is 4.98 Å². The van der Waals surface area contributed by atoms with Gasteiger partial charge in [-0.2, -0.15) is 0 Å². The molecule has 0 aromatic carbocycles. The van der Waals surface area contributed by atoms with E-state index in [0.717, 1.165) is 19.5 Å². The van der Waals surface area contributed by atoms with Gasteiger partial charge in [0.25, 0.3) is 0 Å². The lowest BCUT2D eigenvalue weighted by Crippen LogP contribution is -2.45. The number of aromatic nitrogens is 1. The Labute approximate surface area is 114 Å². The average Bonchev–Trinajstić information content (AvgIpc) is 2.89. The monoisotopic (exact) mass is 267 g/mol. The van der Waals surface area contributed by atoms with Crippen LogP contribution in [0.1, 0.15) is 45.2 Å². The van der Waals surface area contributed by atoms with E-state index in [0.29, 0.717) is 12.0 Å². The van der Waals surface area contributed by atoms with E-state index in [4.69, 9.17) is 10.7 Å². The molecule has 0 radical (unpaired) electrons. The first kappa shape index (κ1) is 13.8. The van der Waals surface area contributed by atoms with Gasteiger partial charge in [-0.3, -0.25) is 0 Å². The van der Waals surface area contributed by atoms with E-state index in [1.807, 2.05) is 0 Å². The van der Waals surface area contributed by atoms with Crippen molar-refractivity contribution in [2.45, 2.75) is 52.0 Å².